The highest BCUT2D eigenvalue weighted by molar-refractivity contribution is 5.76. The lowest BCUT2D eigenvalue weighted by Gasteiger charge is -2.24. The molecule has 0 radical (unpaired) electrons. The van der Waals surface area contributed by atoms with E-state index in [1.54, 1.807) is 0 Å². The van der Waals surface area contributed by atoms with Crippen LogP contribution in [0.1, 0.15) is 56.8 Å². The summed E-state index contributed by atoms with van der Waals surface area (Å²) < 4.78 is 0. The van der Waals surface area contributed by atoms with Gasteiger partial charge in [0.25, 0.3) is 0 Å². The second-order valence-corrected chi connectivity index (χ2v) is 6.51. The summed E-state index contributed by atoms with van der Waals surface area (Å²) in [6.07, 6.45) is 4.24. The zero-order chi connectivity index (χ0) is 15.2. The first kappa shape index (κ1) is 16.0. The van der Waals surface area contributed by atoms with Crippen molar-refractivity contribution in [1.82, 2.24) is 4.90 Å². The minimum atomic E-state index is -0.583. The Kier molecular flexibility index (Phi) is 5.80. The van der Waals surface area contributed by atoms with Crippen LogP contribution in [0.25, 0.3) is 0 Å². The number of rotatable bonds is 5. The van der Waals surface area contributed by atoms with Crippen molar-refractivity contribution in [1.29, 1.82) is 0 Å². The molecule has 0 aromatic heterocycles. The van der Waals surface area contributed by atoms with Gasteiger partial charge in [0, 0.05) is 13.0 Å². The van der Waals surface area contributed by atoms with Gasteiger partial charge in [0.15, 0.2) is 0 Å². The molecule has 1 aliphatic heterocycles. The monoisotopic (exact) mass is 289 g/mol. The minimum absolute atomic E-state index is 0.183. The summed E-state index contributed by atoms with van der Waals surface area (Å²) in [5.74, 6) is 0.818. The van der Waals surface area contributed by atoms with Gasteiger partial charge in [-0.1, -0.05) is 44.5 Å². The molecule has 1 aliphatic rings. The Labute approximate surface area is 128 Å². The average Bonchev–Trinajstić information content (AvgIpc) is 2.64. The number of amides is 1. The first-order valence-corrected chi connectivity index (χ1v) is 8.11. The fourth-order valence-corrected chi connectivity index (χ4v) is 2.89. The van der Waals surface area contributed by atoms with Gasteiger partial charge in [-0.2, -0.15) is 0 Å². The van der Waals surface area contributed by atoms with Crippen LogP contribution in [0.2, 0.25) is 0 Å². The van der Waals surface area contributed by atoms with Crippen molar-refractivity contribution in [3.05, 3.63) is 35.4 Å². The molecule has 0 bridgehead atoms. The van der Waals surface area contributed by atoms with Gasteiger partial charge < -0.3 is 10.0 Å². The quantitative estimate of drug-likeness (QED) is 0.903. The molecule has 1 saturated heterocycles. The Hall–Kier alpha value is -1.35. The highest BCUT2D eigenvalue weighted by atomic mass is 16.3. The maximum Gasteiger partial charge on any atom is 0.222 e. The number of benzene rings is 1. The molecular formula is C18H27NO2. The van der Waals surface area contributed by atoms with E-state index in [4.69, 9.17) is 0 Å². The van der Waals surface area contributed by atoms with Gasteiger partial charge in [-0.15, -0.1) is 0 Å². The van der Waals surface area contributed by atoms with Gasteiger partial charge in [-0.05, 0) is 36.3 Å². The second-order valence-electron chi connectivity index (χ2n) is 6.51. The highest BCUT2D eigenvalue weighted by Gasteiger charge is 2.20. The number of aliphatic hydroxyl groups excluding tert-OH is 1. The minimum Gasteiger partial charge on any atom is -0.387 e. The number of likely N-dealkylation sites (tertiary alicyclic amines) is 1. The van der Waals surface area contributed by atoms with Crippen LogP contribution in [0, 0.1) is 5.92 Å². The summed E-state index contributed by atoms with van der Waals surface area (Å²) in [6, 6.07) is 8.15. The van der Waals surface area contributed by atoms with E-state index in [2.05, 4.69) is 26.0 Å². The van der Waals surface area contributed by atoms with Crippen molar-refractivity contribution < 1.29 is 9.90 Å². The number of hydrogen-bond acceptors (Lipinski definition) is 2. The van der Waals surface area contributed by atoms with Crippen molar-refractivity contribution in [2.75, 3.05) is 13.1 Å². The molecule has 1 atom stereocenters. The smallest absolute Gasteiger partial charge is 0.222 e. The summed E-state index contributed by atoms with van der Waals surface area (Å²) >= 11 is 0. The van der Waals surface area contributed by atoms with Gasteiger partial charge in [-0.3, -0.25) is 4.79 Å². The standard InChI is InChI=1S/C18H27NO2/c1-14(2)12-15-7-9-16(10-8-15)17(20)13-19-11-5-3-4-6-18(19)21/h7-10,14,17,20H,3-6,11-13H2,1-2H3. The Morgan fingerprint density at radius 3 is 2.52 bits per heavy atom. The normalized spacial score (nSPS) is 17.9. The topological polar surface area (TPSA) is 40.5 Å². The van der Waals surface area contributed by atoms with Crippen LogP contribution in [0.15, 0.2) is 24.3 Å². The summed E-state index contributed by atoms with van der Waals surface area (Å²) in [6.45, 7) is 5.60. The van der Waals surface area contributed by atoms with Crippen molar-refractivity contribution >= 4 is 5.91 Å². The molecule has 0 aliphatic carbocycles. The largest absolute Gasteiger partial charge is 0.387 e. The van der Waals surface area contributed by atoms with E-state index in [1.807, 2.05) is 17.0 Å². The van der Waals surface area contributed by atoms with Crippen molar-refractivity contribution in [2.45, 2.75) is 52.1 Å². The van der Waals surface area contributed by atoms with E-state index >= 15 is 0 Å². The number of aliphatic hydroxyl groups is 1. The molecule has 0 spiro atoms. The molecular weight excluding hydrogens is 262 g/mol. The zero-order valence-corrected chi connectivity index (χ0v) is 13.2. The van der Waals surface area contributed by atoms with Crippen molar-refractivity contribution in [2.24, 2.45) is 5.92 Å². The highest BCUT2D eigenvalue weighted by Crippen LogP contribution is 2.19. The molecule has 21 heavy (non-hydrogen) atoms. The molecule has 0 saturated carbocycles. The number of β-amino-alcohol motifs (C(OH)–C–C–N with tert-alkyl or cyclic N) is 1. The first-order chi connectivity index (χ1) is 10.1. The van der Waals surface area contributed by atoms with Crippen molar-refractivity contribution in [3.8, 4) is 0 Å². The van der Waals surface area contributed by atoms with Crippen LogP contribution >= 0.6 is 0 Å². The molecule has 2 rings (SSSR count). The van der Waals surface area contributed by atoms with Crippen LogP contribution in [0.3, 0.4) is 0 Å². The predicted octanol–water partition coefficient (Wildman–Crippen LogP) is 3.32. The summed E-state index contributed by atoms with van der Waals surface area (Å²) in [4.78, 5) is 13.8. The molecule has 1 heterocycles. The van der Waals surface area contributed by atoms with E-state index in [1.165, 1.54) is 5.56 Å². The molecule has 1 fully saturated rings. The van der Waals surface area contributed by atoms with Gasteiger partial charge >= 0.3 is 0 Å². The van der Waals surface area contributed by atoms with Crippen LogP contribution in [-0.2, 0) is 11.2 Å². The lowest BCUT2D eigenvalue weighted by atomic mass is 10.00. The van der Waals surface area contributed by atoms with Crippen LogP contribution < -0.4 is 0 Å². The Morgan fingerprint density at radius 1 is 1.14 bits per heavy atom. The molecule has 116 valence electrons. The SMILES string of the molecule is CC(C)Cc1ccc(C(O)CN2CCCCCC2=O)cc1. The fraction of sp³-hybridized carbons (Fsp3) is 0.611. The van der Waals surface area contributed by atoms with Gasteiger partial charge in [0.05, 0.1) is 12.6 Å². The van der Waals surface area contributed by atoms with E-state index in [0.29, 0.717) is 18.9 Å². The van der Waals surface area contributed by atoms with E-state index < -0.39 is 6.10 Å². The molecule has 1 aromatic rings. The number of nitrogens with zero attached hydrogens (tertiary/aromatic N) is 1. The predicted molar refractivity (Wildman–Crippen MR) is 85.0 cm³/mol. The number of carbonyl (C=O) groups is 1. The zero-order valence-electron chi connectivity index (χ0n) is 13.2. The third-order valence-corrected chi connectivity index (χ3v) is 4.07. The summed E-state index contributed by atoms with van der Waals surface area (Å²) in [5.41, 5.74) is 2.20. The van der Waals surface area contributed by atoms with Crippen LogP contribution in [-0.4, -0.2) is 29.0 Å². The van der Waals surface area contributed by atoms with Gasteiger partial charge in [0.2, 0.25) is 5.91 Å². The van der Waals surface area contributed by atoms with E-state index in [9.17, 15) is 9.90 Å². The van der Waals surface area contributed by atoms with Crippen LogP contribution in [0.4, 0.5) is 0 Å². The van der Waals surface area contributed by atoms with Gasteiger partial charge in [0.1, 0.15) is 0 Å². The molecule has 3 nitrogen and oxygen atoms in total. The Morgan fingerprint density at radius 2 is 1.86 bits per heavy atom. The lowest BCUT2D eigenvalue weighted by Crippen LogP contribution is -2.34. The molecule has 3 heteroatoms. The Bertz CT molecular complexity index is 453. The third kappa shape index (κ3) is 4.85. The third-order valence-electron chi connectivity index (χ3n) is 4.07. The second kappa shape index (κ2) is 7.60. The first-order valence-electron chi connectivity index (χ1n) is 8.11. The maximum atomic E-state index is 12.0. The lowest BCUT2D eigenvalue weighted by molar-refractivity contribution is -0.132. The Balaban J connectivity index is 1.95. The molecule has 1 amide bonds. The molecule has 1 unspecified atom stereocenters. The van der Waals surface area contributed by atoms with Gasteiger partial charge in [-0.25, -0.2) is 0 Å². The molecule has 1 N–H and O–H groups in total. The van der Waals surface area contributed by atoms with Crippen LogP contribution in [0.5, 0.6) is 0 Å². The summed E-state index contributed by atoms with van der Waals surface area (Å²) in [5, 5.41) is 10.4. The summed E-state index contributed by atoms with van der Waals surface area (Å²) in [7, 11) is 0. The fourth-order valence-electron chi connectivity index (χ4n) is 2.89. The van der Waals surface area contributed by atoms with E-state index in [0.717, 1.165) is 37.8 Å². The average molecular weight is 289 g/mol. The molecule has 1 aromatic carbocycles. The number of carbonyl (C=O) groups excluding carboxylic acids is 1. The van der Waals surface area contributed by atoms with E-state index in [-0.39, 0.29) is 5.91 Å². The maximum absolute atomic E-state index is 12.0. The number of hydrogen-bond donors (Lipinski definition) is 1. The van der Waals surface area contributed by atoms with Crippen molar-refractivity contribution in [3.63, 3.8) is 0 Å².